The van der Waals surface area contributed by atoms with E-state index in [0.717, 1.165) is 44.4 Å². The normalized spacial score (nSPS) is 28.1. The molecule has 1 spiro atoms. The molecule has 1 N–H and O–H groups in total. The zero-order valence-corrected chi connectivity index (χ0v) is 20.4. The first-order valence-corrected chi connectivity index (χ1v) is 13.0. The van der Waals surface area contributed by atoms with Gasteiger partial charge in [0.25, 0.3) is 0 Å². The van der Waals surface area contributed by atoms with Crippen molar-refractivity contribution < 1.29 is 22.0 Å². The van der Waals surface area contributed by atoms with Gasteiger partial charge in [-0.25, -0.2) is 13.5 Å². The Hall–Kier alpha value is -3.44. The van der Waals surface area contributed by atoms with E-state index in [1.807, 2.05) is 4.90 Å². The molecule has 7 rings (SSSR count). The number of rotatable bonds is 4. The summed E-state index contributed by atoms with van der Waals surface area (Å²) in [5, 5.41) is 8.23. The van der Waals surface area contributed by atoms with Crippen molar-refractivity contribution >= 4 is 23.3 Å². The number of anilines is 4. The van der Waals surface area contributed by atoms with Gasteiger partial charge in [0.05, 0.1) is 0 Å². The van der Waals surface area contributed by atoms with Crippen molar-refractivity contribution in [2.75, 3.05) is 34.8 Å². The average molecular weight is 532 g/mol. The number of aryl methyl sites for hydroxylation is 1. The highest BCUT2D eigenvalue weighted by molar-refractivity contribution is 5.59. The molecule has 2 aliphatic heterocycles. The van der Waals surface area contributed by atoms with Gasteiger partial charge in [-0.1, -0.05) is 0 Å². The fourth-order valence-electron chi connectivity index (χ4n) is 7.06. The summed E-state index contributed by atoms with van der Waals surface area (Å²) < 4.78 is 69.0. The minimum absolute atomic E-state index is 0.105. The summed E-state index contributed by atoms with van der Waals surface area (Å²) in [5.74, 6) is -0.0505. The summed E-state index contributed by atoms with van der Waals surface area (Å²) >= 11 is 0. The summed E-state index contributed by atoms with van der Waals surface area (Å²) in [6, 6.07) is 6.75. The highest BCUT2D eigenvalue weighted by Gasteiger charge is 2.70. The average Bonchev–Trinajstić information content (AvgIpc) is 3.41. The minimum atomic E-state index is -4.48. The maximum absolute atomic E-state index is 14.0. The third-order valence-electron chi connectivity index (χ3n) is 8.97. The smallest absolute Gasteiger partial charge is 0.370 e. The zero-order valence-electron chi connectivity index (χ0n) is 20.4. The van der Waals surface area contributed by atoms with Crippen LogP contribution in [0.1, 0.15) is 31.4 Å². The van der Waals surface area contributed by atoms with Gasteiger partial charge in [-0.3, -0.25) is 4.98 Å². The molecule has 4 aliphatic rings. The molecule has 1 saturated heterocycles. The summed E-state index contributed by atoms with van der Waals surface area (Å²) in [5.41, 5.74) is 0.304. The molecular weight excluding hydrogens is 505 g/mol. The second kappa shape index (κ2) is 8.28. The number of halogens is 5. The molecule has 7 nitrogen and oxygen atoms in total. The van der Waals surface area contributed by atoms with E-state index >= 15 is 0 Å². The lowest BCUT2D eigenvalue weighted by Gasteiger charge is -2.65. The SMILES string of the molecule is Fc1ccc(N2CCCCn3nc(N[C@@H]4C5CCC56CN(c5ccnc(C(F)(F)F)c5)C[C@@H]46)nc32)cc1F. The Labute approximate surface area is 215 Å². The topological polar surface area (TPSA) is 62.1 Å². The van der Waals surface area contributed by atoms with Crippen LogP contribution in [0.5, 0.6) is 0 Å². The molecule has 4 atom stereocenters. The zero-order chi connectivity index (χ0) is 26.2. The second-order valence-corrected chi connectivity index (χ2v) is 10.8. The summed E-state index contributed by atoms with van der Waals surface area (Å²) in [6.07, 6.45) is 0.614. The van der Waals surface area contributed by atoms with E-state index in [1.165, 1.54) is 12.3 Å². The first-order valence-electron chi connectivity index (χ1n) is 13.0. The van der Waals surface area contributed by atoms with E-state index in [9.17, 15) is 22.0 Å². The number of benzene rings is 1. The Morgan fingerprint density at radius 1 is 0.974 bits per heavy atom. The lowest BCUT2D eigenvalue weighted by molar-refractivity contribution is -0.141. The number of nitrogens with zero attached hydrogens (tertiary/aromatic N) is 6. The number of aromatic nitrogens is 4. The van der Waals surface area contributed by atoms with E-state index in [1.54, 1.807) is 16.8 Å². The predicted octanol–water partition coefficient (Wildman–Crippen LogP) is 5.23. The van der Waals surface area contributed by atoms with Gasteiger partial charge in [0, 0.05) is 61.8 Å². The van der Waals surface area contributed by atoms with Crippen molar-refractivity contribution in [3.63, 3.8) is 0 Å². The molecular formula is C26H26F5N7. The first-order chi connectivity index (χ1) is 18.2. The second-order valence-electron chi connectivity index (χ2n) is 10.8. The molecule has 0 radical (unpaired) electrons. The van der Waals surface area contributed by atoms with Crippen LogP contribution in [-0.4, -0.2) is 45.4 Å². The van der Waals surface area contributed by atoms with Gasteiger partial charge in [0.15, 0.2) is 11.6 Å². The van der Waals surface area contributed by atoms with Gasteiger partial charge in [-0.05, 0) is 61.3 Å². The van der Waals surface area contributed by atoms with Crippen LogP contribution >= 0.6 is 0 Å². The van der Waals surface area contributed by atoms with Gasteiger partial charge in [-0.2, -0.15) is 18.2 Å². The van der Waals surface area contributed by atoms with E-state index < -0.39 is 23.5 Å². The quantitative estimate of drug-likeness (QED) is 0.466. The van der Waals surface area contributed by atoms with Crippen molar-refractivity contribution in [2.45, 2.75) is 44.4 Å². The van der Waals surface area contributed by atoms with E-state index in [2.05, 4.69) is 15.2 Å². The van der Waals surface area contributed by atoms with Crippen molar-refractivity contribution in [2.24, 2.45) is 17.3 Å². The van der Waals surface area contributed by atoms with Gasteiger partial charge in [0.2, 0.25) is 11.9 Å². The number of hydrogen-bond donors (Lipinski definition) is 1. The highest BCUT2D eigenvalue weighted by Crippen LogP contribution is 2.68. The Balaban J connectivity index is 1.12. The molecule has 200 valence electrons. The number of nitrogens with one attached hydrogen (secondary N) is 1. The number of alkyl halides is 3. The minimum Gasteiger partial charge on any atom is -0.370 e. The third kappa shape index (κ3) is 3.55. The number of hydrogen-bond acceptors (Lipinski definition) is 6. The lowest BCUT2D eigenvalue weighted by atomic mass is 9.41. The largest absolute Gasteiger partial charge is 0.433 e. The first kappa shape index (κ1) is 23.7. The molecule has 0 bridgehead atoms. The number of fused-ring (bicyclic) bond motifs is 1. The Kier molecular flexibility index (Phi) is 5.15. The monoisotopic (exact) mass is 531 g/mol. The third-order valence-corrected chi connectivity index (χ3v) is 8.97. The fraction of sp³-hybridized carbons (Fsp3) is 0.500. The predicted molar refractivity (Wildman–Crippen MR) is 130 cm³/mol. The fourth-order valence-corrected chi connectivity index (χ4v) is 7.06. The molecule has 2 aromatic heterocycles. The summed E-state index contributed by atoms with van der Waals surface area (Å²) in [7, 11) is 0. The maximum atomic E-state index is 14.0. The molecule has 12 heteroatoms. The molecule has 2 saturated carbocycles. The maximum Gasteiger partial charge on any atom is 0.433 e. The molecule has 2 aliphatic carbocycles. The van der Waals surface area contributed by atoms with Crippen molar-refractivity contribution in [3.8, 4) is 0 Å². The van der Waals surface area contributed by atoms with Crippen LogP contribution in [0.15, 0.2) is 36.5 Å². The van der Waals surface area contributed by atoms with E-state index in [4.69, 9.17) is 10.1 Å². The number of pyridine rings is 1. The summed E-state index contributed by atoms with van der Waals surface area (Å²) in [4.78, 5) is 12.2. The van der Waals surface area contributed by atoms with Crippen molar-refractivity contribution in [1.29, 1.82) is 0 Å². The van der Waals surface area contributed by atoms with Crippen LogP contribution in [0.4, 0.5) is 45.2 Å². The van der Waals surface area contributed by atoms with Crippen LogP contribution < -0.4 is 15.1 Å². The van der Waals surface area contributed by atoms with Gasteiger partial charge >= 0.3 is 6.18 Å². The van der Waals surface area contributed by atoms with Gasteiger partial charge in [0.1, 0.15) is 5.69 Å². The van der Waals surface area contributed by atoms with Gasteiger partial charge < -0.3 is 15.1 Å². The Bertz CT molecular complexity index is 1390. The van der Waals surface area contributed by atoms with E-state index in [-0.39, 0.29) is 17.4 Å². The Morgan fingerprint density at radius 3 is 2.58 bits per heavy atom. The van der Waals surface area contributed by atoms with Crippen LogP contribution in [0, 0.1) is 28.9 Å². The Morgan fingerprint density at radius 2 is 1.82 bits per heavy atom. The summed E-state index contributed by atoms with van der Waals surface area (Å²) in [6.45, 7) is 2.67. The van der Waals surface area contributed by atoms with Crippen LogP contribution in [0.2, 0.25) is 0 Å². The van der Waals surface area contributed by atoms with Crippen molar-refractivity contribution in [1.82, 2.24) is 19.7 Å². The molecule has 1 aromatic carbocycles. The molecule has 4 heterocycles. The standard InChI is InChI=1S/C26H26F5N7/c27-19-4-3-16(11-20(19)28)37-9-1-2-10-38-24(37)34-23(35-38)33-22-17-5-7-25(17)14-36(13-18(22)25)15-6-8-32-21(12-15)26(29,30)31/h3-4,6,8,11-12,17-18,22H,1-2,5,7,9-10,13-14H2,(H,33,35)/t17?,18-,22+,25?/m0/s1. The molecule has 3 aromatic rings. The molecule has 0 amide bonds. The molecule has 3 fully saturated rings. The molecule has 38 heavy (non-hydrogen) atoms. The van der Waals surface area contributed by atoms with Crippen LogP contribution in [0.25, 0.3) is 0 Å². The van der Waals surface area contributed by atoms with Crippen molar-refractivity contribution in [3.05, 3.63) is 53.9 Å². The van der Waals surface area contributed by atoms with Crippen LogP contribution in [-0.2, 0) is 12.7 Å². The van der Waals surface area contributed by atoms with Crippen LogP contribution in [0.3, 0.4) is 0 Å². The molecule has 2 unspecified atom stereocenters. The lowest BCUT2D eigenvalue weighted by Crippen LogP contribution is -2.68. The van der Waals surface area contributed by atoms with E-state index in [0.29, 0.717) is 48.8 Å². The van der Waals surface area contributed by atoms with Gasteiger partial charge in [-0.15, -0.1) is 5.10 Å². The highest BCUT2D eigenvalue weighted by atomic mass is 19.4.